The van der Waals surface area contributed by atoms with Crippen molar-refractivity contribution < 1.29 is 4.74 Å². The lowest BCUT2D eigenvalue weighted by molar-refractivity contribution is -0.00392. The number of rotatable bonds is 4. The molecule has 4 heteroatoms. The van der Waals surface area contributed by atoms with Crippen LogP contribution in [0.2, 0.25) is 0 Å². The molecule has 2 fully saturated rings. The van der Waals surface area contributed by atoms with Crippen LogP contribution in [0.25, 0.3) is 0 Å². The maximum absolute atomic E-state index is 5.74. The van der Waals surface area contributed by atoms with Gasteiger partial charge in [0, 0.05) is 45.8 Å². The molecule has 1 atom stereocenters. The molecule has 2 aliphatic rings. The van der Waals surface area contributed by atoms with Gasteiger partial charge in [-0.3, -0.25) is 4.90 Å². The van der Waals surface area contributed by atoms with E-state index in [1.54, 1.807) is 0 Å². The summed E-state index contributed by atoms with van der Waals surface area (Å²) in [5.41, 5.74) is 0. The molecule has 94 valence electrons. The normalized spacial score (nSPS) is 29.4. The summed E-state index contributed by atoms with van der Waals surface area (Å²) in [6.07, 6.45) is 1.68. The number of hydrogen-bond acceptors (Lipinski definition) is 4. The van der Waals surface area contributed by atoms with E-state index in [1.165, 1.54) is 39.1 Å². The van der Waals surface area contributed by atoms with Crippen LogP contribution < -0.4 is 5.32 Å². The molecule has 16 heavy (non-hydrogen) atoms. The van der Waals surface area contributed by atoms with E-state index in [0.717, 1.165) is 26.2 Å². The average molecular weight is 227 g/mol. The van der Waals surface area contributed by atoms with Gasteiger partial charge in [-0.25, -0.2) is 0 Å². The van der Waals surface area contributed by atoms with Crippen LogP contribution in [0.5, 0.6) is 0 Å². The van der Waals surface area contributed by atoms with Crippen molar-refractivity contribution in [3.8, 4) is 0 Å². The predicted octanol–water partition coefficient (Wildman–Crippen LogP) is 0.00240. The Balaban J connectivity index is 1.64. The van der Waals surface area contributed by atoms with Crippen LogP contribution in [0.4, 0.5) is 0 Å². The van der Waals surface area contributed by atoms with Gasteiger partial charge in [-0.05, 0) is 13.0 Å². The molecule has 2 heterocycles. The van der Waals surface area contributed by atoms with Crippen LogP contribution in [0.1, 0.15) is 13.3 Å². The molecule has 0 bridgehead atoms. The highest BCUT2D eigenvalue weighted by Crippen LogP contribution is 2.05. The van der Waals surface area contributed by atoms with E-state index in [0.29, 0.717) is 6.10 Å². The van der Waals surface area contributed by atoms with Gasteiger partial charge in [-0.15, -0.1) is 0 Å². The minimum Gasteiger partial charge on any atom is -0.374 e. The highest BCUT2D eigenvalue weighted by Gasteiger charge is 2.21. The second-order valence-electron chi connectivity index (χ2n) is 4.84. The third kappa shape index (κ3) is 3.70. The molecule has 4 nitrogen and oxygen atoms in total. The second-order valence-corrected chi connectivity index (χ2v) is 4.84. The predicted molar refractivity (Wildman–Crippen MR) is 65.8 cm³/mol. The van der Waals surface area contributed by atoms with Gasteiger partial charge < -0.3 is 15.0 Å². The Morgan fingerprint density at radius 3 is 2.56 bits per heavy atom. The molecule has 0 spiro atoms. The minimum atomic E-state index is 0.409. The monoisotopic (exact) mass is 227 g/mol. The number of nitrogens with zero attached hydrogens (tertiary/aromatic N) is 2. The van der Waals surface area contributed by atoms with Crippen molar-refractivity contribution in [2.24, 2.45) is 0 Å². The lowest BCUT2D eigenvalue weighted by Crippen LogP contribution is -2.51. The third-order valence-electron chi connectivity index (χ3n) is 3.47. The Hall–Kier alpha value is -0.160. The van der Waals surface area contributed by atoms with Crippen LogP contribution in [0.3, 0.4) is 0 Å². The molecule has 2 rings (SSSR count). The van der Waals surface area contributed by atoms with Crippen LogP contribution in [0.15, 0.2) is 0 Å². The Morgan fingerprint density at radius 1 is 1.19 bits per heavy atom. The molecule has 0 amide bonds. The number of hydrogen-bond donors (Lipinski definition) is 1. The van der Waals surface area contributed by atoms with Crippen molar-refractivity contribution in [2.75, 3.05) is 59.0 Å². The first kappa shape index (κ1) is 12.3. The summed E-state index contributed by atoms with van der Waals surface area (Å²) in [4.78, 5) is 5.11. The van der Waals surface area contributed by atoms with E-state index in [1.807, 2.05) is 0 Å². The molecule has 0 saturated carbocycles. The van der Waals surface area contributed by atoms with Crippen LogP contribution in [0, 0.1) is 0 Å². The van der Waals surface area contributed by atoms with Crippen molar-refractivity contribution in [1.82, 2.24) is 15.1 Å². The first-order valence-electron chi connectivity index (χ1n) is 6.65. The summed E-state index contributed by atoms with van der Waals surface area (Å²) < 4.78 is 5.74. The zero-order valence-corrected chi connectivity index (χ0v) is 10.5. The first-order valence-corrected chi connectivity index (χ1v) is 6.65. The van der Waals surface area contributed by atoms with Gasteiger partial charge >= 0.3 is 0 Å². The van der Waals surface area contributed by atoms with Gasteiger partial charge in [-0.1, -0.05) is 6.92 Å². The number of piperazine rings is 1. The van der Waals surface area contributed by atoms with Gasteiger partial charge in [0.15, 0.2) is 0 Å². The topological polar surface area (TPSA) is 27.7 Å². The zero-order chi connectivity index (χ0) is 11.2. The molecule has 0 aromatic heterocycles. The molecular weight excluding hydrogens is 202 g/mol. The lowest BCUT2D eigenvalue weighted by atomic mass is 10.2. The summed E-state index contributed by atoms with van der Waals surface area (Å²) in [6, 6.07) is 0. The third-order valence-corrected chi connectivity index (χ3v) is 3.47. The van der Waals surface area contributed by atoms with Gasteiger partial charge in [0.05, 0.1) is 12.7 Å². The summed E-state index contributed by atoms with van der Waals surface area (Å²) in [6.45, 7) is 12.4. The van der Waals surface area contributed by atoms with Gasteiger partial charge in [-0.2, -0.15) is 0 Å². The van der Waals surface area contributed by atoms with Crippen molar-refractivity contribution in [3.05, 3.63) is 0 Å². The Morgan fingerprint density at radius 2 is 1.94 bits per heavy atom. The van der Waals surface area contributed by atoms with E-state index >= 15 is 0 Å². The average Bonchev–Trinajstić information content (AvgIpc) is 2.33. The highest BCUT2D eigenvalue weighted by atomic mass is 16.5. The molecule has 0 aromatic carbocycles. The zero-order valence-electron chi connectivity index (χ0n) is 10.5. The second kappa shape index (κ2) is 6.55. The van der Waals surface area contributed by atoms with Crippen LogP contribution in [-0.2, 0) is 4.74 Å². The molecular formula is C12H25N3O. The van der Waals surface area contributed by atoms with E-state index in [9.17, 15) is 0 Å². The standard InChI is InChI=1S/C12H25N3O/c1-2-4-14-5-7-15(8-6-14)11-12-10-13-3-9-16-12/h12-13H,2-11H2,1H3. The van der Waals surface area contributed by atoms with Gasteiger partial charge in [0.1, 0.15) is 0 Å². The number of ether oxygens (including phenoxy) is 1. The van der Waals surface area contributed by atoms with E-state index in [2.05, 4.69) is 22.0 Å². The summed E-state index contributed by atoms with van der Waals surface area (Å²) in [5.74, 6) is 0. The summed E-state index contributed by atoms with van der Waals surface area (Å²) in [5, 5.41) is 3.39. The maximum atomic E-state index is 5.74. The summed E-state index contributed by atoms with van der Waals surface area (Å²) >= 11 is 0. The Kier molecular flexibility index (Phi) is 5.03. The van der Waals surface area contributed by atoms with Crippen molar-refractivity contribution in [1.29, 1.82) is 0 Å². The quantitative estimate of drug-likeness (QED) is 0.732. The van der Waals surface area contributed by atoms with E-state index < -0.39 is 0 Å². The first-order chi connectivity index (χ1) is 7.88. The SMILES string of the molecule is CCCN1CCN(CC2CNCCO2)CC1. The van der Waals surface area contributed by atoms with Crippen LogP contribution >= 0.6 is 0 Å². The molecule has 2 saturated heterocycles. The van der Waals surface area contributed by atoms with Crippen molar-refractivity contribution in [3.63, 3.8) is 0 Å². The minimum absolute atomic E-state index is 0.409. The Bertz CT molecular complexity index is 187. The van der Waals surface area contributed by atoms with Gasteiger partial charge in [0.25, 0.3) is 0 Å². The molecule has 0 aromatic rings. The van der Waals surface area contributed by atoms with Crippen molar-refractivity contribution >= 4 is 0 Å². The fraction of sp³-hybridized carbons (Fsp3) is 1.00. The fourth-order valence-electron chi connectivity index (χ4n) is 2.54. The van der Waals surface area contributed by atoms with Crippen molar-refractivity contribution in [2.45, 2.75) is 19.4 Å². The molecule has 2 aliphatic heterocycles. The van der Waals surface area contributed by atoms with E-state index in [-0.39, 0.29) is 0 Å². The number of nitrogens with one attached hydrogen (secondary N) is 1. The highest BCUT2D eigenvalue weighted by molar-refractivity contribution is 4.77. The molecule has 0 radical (unpaired) electrons. The molecule has 1 unspecified atom stereocenters. The summed E-state index contributed by atoms with van der Waals surface area (Å²) in [7, 11) is 0. The largest absolute Gasteiger partial charge is 0.374 e. The smallest absolute Gasteiger partial charge is 0.0826 e. The lowest BCUT2D eigenvalue weighted by Gasteiger charge is -2.37. The molecule has 1 N–H and O–H groups in total. The maximum Gasteiger partial charge on any atom is 0.0826 e. The Labute approximate surface area is 98.9 Å². The fourth-order valence-corrected chi connectivity index (χ4v) is 2.54. The van der Waals surface area contributed by atoms with Gasteiger partial charge in [0.2, 0.25) is 0 Å². The number of morpholine rings is 1. The molecule has 0 aliphatic carbocycles. The van der Waals surface area contributed by atoms with Crippen LogP contribution in [-0.4, -0.2) is 74.9 Å². The van der Waals surface area contributed by atoms with E-state index in [4.69, 9.17) is 4.74 Å².